The van der Waals surface area contributed by atoms with Gasteiger partial charge in [-0.15, -0.1) is 0 Å². The van der Waals surface area contributed by atoms with Crippen molar-refractivity contribution in [1.82, 2.24) is 4.90 Å². The van der Waals surface area contributed by atoms with Crippen molar-refractivity contribution in [3.63, 3.8) is 0 Å². The van der Waals surface area contributed by atoms with Crippen molar-refractivity contribution >= 4 is 5.97 Å². The summed E-state index contributed by atoms with van der Waals surface area (Å²) in [5, 5.41) is 0. The quantitative estimate of drug-likeness (QED) is 0.594. The fraction of sp³-hybridized carbons (Fsp3) is 0.562. The van der Waals surface area contributed by atoms with Crippen molar-refractivity contribution < 1.29 is 27.4 Å². The lowest BCUT2D eigenvalue weighted by molar-refractivity contribution is -0.137. The van der Waals surface area contributed by atoms with Crippen LogP contribution in [0.4, 0.5) is 13.2 Å². The molecule has 0 aromatic heterocycles. The molecule has 1 aromatic carbocycles. The van der Waals surface area contributed by atoms with E-state index in [9.17, 15) is 18.0 Å². The second kappa shape index (κ2) is 6.03. The van der Waals surface area contributed by atoms with Gasteiger partial charge in [-0.1, -0.05) is 0 Å². The van der Waals surface area contributed by atoms with E-state index >= 15 is 0 Å². The van der Waals surface area contributed by atoms with Gasteiger partial charge in [0.25, 0.3) is 0 Å². The van der Waals surface area contributed by atoms with Crippen LogP contribution < -0.4 is 4.74 Å². The summed E-state index contributed by atoms with van der Waals surface area (Å²) in [6, 6.07) is 3.23. The molecule has 0 bridgehead atoms. The molecule has 4 nitrogen and oxygen atoms in total. The minimum atomic E-state index is -4.54. The molecule has 2 fully saturated rings. The molecule has 3 rings (SSSR count). The molecule has 1 saturated carbocycles. The summed E-state index contributed by atoms with van der Waals surface area (Å²) in [5.41, 5.74) is -1.08. The average molecular weight is 329 g/mol. The number of rotatable bonds is 6. The minimum absolute atomic E-state index is 0.0403. The highest BCUT2D eigenvalue weighted by Crippen LogP contribution is 2.35. The molecule has 2 unspecified atom stereocenters. The number of nitrogens with zero attached hydrogens (tertiary/aromatic N) is 1. The van der Waals surface area contributed by atoms with Crippen molar-refractivity contribution in [2.75, 3.05) is 26.8 Å². The zero-order valence-corrected chi connectivity index (χ0v) is 12.7. The lowest BCUT2D eigenvalue weighted by atomic mass is 10.1. The van der Waals surface area contributed by atoms with E-state index in [0.717, 1.165) is 38.2 Å². The van der Waals surface area contributed by atoms with Crippen LogP contribution in [0.3, 0.4) is 0 Å². The second-order valence-corrected chi connectivity index (χ2v) is 6.10. The number of carbonyl (C=O) groups excluding carboxylic acids is 1. The van der Waals surface area contributed by atoms with E-state index in [1.54, 1.807) is 0 Å². The maximum Gasteiger partial charge on any atom is 0.416 e. The van der Waals surface area contributed by atoms with Crippen LogP contribution >= 0.6 is 0 Å². The van der Waals surface area contributed by atoms with Gasteiger partial charge >= 0.3 is 12.1 Å². The molecule has 1 saturated heterocycles. The Hall–Kier alpha value is -1.76. The summed E-state index contributed by atoms with van der Waals surface area (Å²) >= 11 is 0. The van der Waals surface area contributed by atoms with E-state index in [1.165, 1.54) is 18.9 Å². The summed E-state index contributed by atoms with van der Waals surface area (Å²) < 4.78 is 48.7. The van der Waals surface area contributed by atoms with Crippen LogP contribution in [0.5, 0.6) is 5.75 Å². The van der Waals surface area contributed by atoms with E-state index < -0.39 is 17.7 Å². The van der Waals surface area contributed by atoms with Gasteiger partial charge in [0.2, 0.25) is 0 Å². The molecule has 0 spiro atoms. The van der Waals surface area contributed by atoms with E-state index in [-0.39, 0.29) is 17.4 Å². The van der Waals surface area contributed by atoms with Crippen LogP contribution in [0, 0.1) is 5.92 Å². The fourth-order valence-electron chi connectivity index (χ4n) is 2.51. The summed E-state index contributed by atoms with van der Waals surface area (Å²) in [6.45, 7) is 2.29. The Morgan fingerprint density at radius 2 is 2.04 bits per heavy atom. The van der Waals surface area contributed by atoms with Crippen molar-refractivity contribution in [1.29, 1.82) is 0 Å². The molecule has 1 aromatic rings. The molecule has 126 valence electrons. The Kier molecular flexibility index (Phi) is 4.23. The van der Waals surface area contributed by atoms with Crippen LogP contribution in [0.1, 0.15) is 28.8 Å². The molecule has 2 atom stereocenters. The summed E-state index contributed by atoms with van der Waals surface area (Å²) in [6.07, 6.45) is -2.01. The standard InChI is InChI=1S/C16H18F3NO3/c1-22-15(21)11-4-12(16(17,18)19)6-14(5-11)23-9-13-8-20(13)7-10-2-3-10/h4-6,10,13H,2-3,7-9H2,1H3. The number of carbonyl (C=O) groups is 1. The Bertz CT molecular complexity index is 599. The van der Waals surface area contributed by atoms with Crippen molar-refractivity contribution in [2.45, 2.75) is 25.1 Å². The van der Waals surface area contributed by atoms with Crippen LogP contribution in [0.2, 0.25) is 0 Å². The second-order valence-electron chi connectivity index (χ2n) is 6.10. The zero-order chi connectivity index (χ0) is 16.6. The van der Waals surface area contributed by atoms with Gasteiger partial charge in [0.05, 0.1) is 24.3 Å². The highest BCUT2D eigenvalue weighted by molar-refractivity contribution is 5.90. The van der Waals surface area contributed by atoms with Gasteiger partial charge in [-0.05, 0) is 37.0 Å². The summed E-state index contributed by atoms with van der Waals surface area (Å²) in [5.74, 6) is 0.000660. The van der Waals surface area contributed by atoms with Gasteiger partial charge in [-0.3, -0.25) is 4.90 Å². The van der Waals surface area contributed by atoms with Crippen molar-refractivity contribution in [3.05, 3.63) is 29.3 Å². The molecule has 1 aliphatic heterocycles. The first-order valence-corrected chi connectivity index (χ1v) is 7.54. The molecule has 1 heterocycles. The topological polar surface area (TPSA) is 38.5 Å². The molecule has 2 aliphatic rings. The third kappa shape index (κ3) is 4.16. The molecule has 7 heteroatoms. The lowest BCUT2D eigenvalue weighted by Gasteiger charge is -2.12. The van der Waals surface area contributed by atoms with E-state index in [4.69, 9.17) is 4.74 Å². The van der Waals surface area contributed by atoms with Gasteiger partial charge in [0, 0.05) is 13.1 Å². The monoisotopic (exact) mass is 329 g/mol. The number of alkyl halides is 3. The number of hydrogen-bond donors (Lipinski definition) is 0. The van der Waals surface area contributed by atoms with E-state index in [0.29, 0.717) is 6.61 Å². The number of hydrogen-bond acceptors (Lipinski definition) is 4. The van der Waals surface area contributed by atoms with Crippen LogP contribution in [-0.2, 0) is 10.9 Å². The SMILES string of the molecule is COC(=O)c1cc(OCC2CN2CC2CC2)cc(C(F)(F)F)c1. The highest BCUT2D eigenvalue weighted by Gasteiger charge is 2.38. The molecular weight excluding hydrogens is 311 g/mol. The first-order valence-electron chi connectivity index (χ1n) is 7.54. The first-order chi connectivity index (χ1) is 10.9. The number of benzene rings is 1. The molecule has 0 amide bonds. The Morgan fingerprint density at radius 1 is 1.30 bits per heavy atom. The van der Waals surface area contributed by atoms with E-state index in [1.807, 2.05) is 0 Å². The first kappa shape index (κ1) is 16.1. The maximum absolute atomic E-state index is 12.9. The van der Waals surface area contributed by atoms with Crippen molar-refractivity contribution in [3.8, 4) is 5.75 Å². The average Bonchev–Trinajstić information content (AvgIpc) is 3.42. The molecule has 0 N–H and O–H groups in total. The third-order valence-electron chi connectivity index (χ3n) is 4.12. The number of esters is 1. The zero-order valence-electron chi connectivity index (χ0n) is 12.7. The lowest BCUT2D eigenvalue weighted by Crippen LogP contribution is -2.14. The van der Waals surface area contributed by atoms with Crippen molar-refractivity contribution in [2.24, 2.45) is 5.92 Å². The van der Waals surface area contributed by atoms with Gasteiger partial charge in [0.15, 0.2) is 0 Å². The predicted molar refractivity (Wildman–Crippen MR) is 76.4 cm³/mol. The van der Waals surface area contributed by atoms with Gasteiger partial charge < -0.3 is 9.47 Å². The third-order valence-corrected chi connectivity index (χ3v) is 4.12. The number of ether oxygens (including phenoxy) is 2. The number of methoxy groups -OCH3 is 1. The molecule has 1 aliphatic carbocycles. The molecule has 0 radical (unpaired) electrons. The fourth-order valence-corrected chi connectivity index (χ4v) is 2.51. The normalized spacial score (nSPS) is 23.5. The van der Waals surface area contributed by atoms with Crippen LogP contribution in [-0.4, -0.2) is 43.7 Å². The van der Waals surface area contributed by atoms with Crippen LogP contribution in [0.25, 0.3) is 0 Å². The molecule has 23 heavy (non-hydrogen) atoms. The minimum Gasteiger partial charge on any atom is -0.492 e. The van der Waals surface area contributed by atoms with Crippen LogP contribution in [0.15, 0.2) is 18.2 Å². The van der Waals surface area contributed by atoms with Gasteiger partial charge in [0.1, 0.15) is 12.4 Å². The number of halogens is 3. The Balaban J connectivity index is 1.66. The highest BCUT2D eigenvalue weighted by atomic mass is 19.4. The predicted octanol–water partition coefficient (Wildman–Crippen LogP) is 2.97. The summed E-state index contributed by atoms with van der Waals surface area (Å²) in [4.78, 5) is 13.8. The Morgan fingerprint density at radius 3 is 2.65 bits per heavy atom. The van der Waals surface area contributed by atoms with Gasteiger partial charge in [-0.2, -0.15) is 13.2 Å². The smallest absolute Gasteiger partial charge is 0.416 e. The largest absolute Gasteiger partial charge is 0.492 e. The van der Waals surface area contributed by atoms with E-state index in [2.05, 4.69) is 9.64 Å². The molecular formula is C16H18F3NO3. The summed E-state index contributed by atoms with van der Waals surface area (Å²) in [7, 11) is 1.13. The maximum atomic E-state index is 12.9. The Labute approximate surface area is 132 Å². The van der Waals surface area contributed by atoms with Gasteiger partial charge in [-0.25, -0.2) is 4.79 Å².